The maximum atomic E-state index is 13.3. The molecule has 2 rings (SSSR count). The van der Waals surface area contributed by atoms with Gasteiger partial charge in [-0.3, -0.25) is 4.79 Å². The van der Waals surface area contributed by atoms with E-state index in [2.05, 4.69) is 10.3 Å². The van der Waals surface area contributed by atoms with Crippen LogP contribution in [-0.2, 0) is 0 Å². The van der Waals surface area contributed by atoms with E-state index in [1.165, 1.54) is 11.9 Å². The monoisotopic (exact) mass is 284 g/mol. The Labute approximate surface area is 121 Å². The Balaban J connectivity index is 2.45. The smallest absolute Gasteiger partial charge is 0.261 e. The van der Waals surface area contributed by atoms with Crippen LogP contribution in [0.2, 0.25) is 0 Å². The molecule has 106 valence electrons. The number of para-hydroxylation sites is 1. The number of anilines is 2. The Morgan fingerprint density at radius 1 is 1.43 bits per heavy atom. The summed E-state index contributed by atoms with van der Waals surface area (Å²) in [5.74, 6) is -0.768. The molecule has 0 saturated carbocycles. The summed E-state index contributed by atoms with van der Waals surface area (Å²) in [4.78, 5) is 17.7. The Bertz CT molecular complexity index is 724. The zero-order valence-corrected chi connectivity index (χ0v) is 11.6. The van der Waals surface area contributed by atoms with E-state index in [-0.39, 0.29) is 11.4 Å². The molecule has 2 aromatic rings. The van der Waals surface area contributed by atoms with Crippen molar-refractivity contribution in [3.8, 4) is 6.07 Å². The van der Waals surface area contributed by atoms with Crippen molar-refractivity contribution < 1.29 is 9.18 Å². The minimum absolute atomic E-state index is 0.104. The maximum Gasteiger partial charge on any atom is 0.261 e. The van der Waals surface area contributed by atoms with E-state index in [0.29, 0.717) is 11.3 Å². The summed E-state index contributed by atoms with van der Waals surface area (Å²) >= 11 is 0. The van der Waals surface area contributed by atoms with Crippen molar-refractivity contribution in [2.75, 3.05) is 24.3 Å². The highest BCUT2D eigenvalue weighted by Gasteiger charge is 2.20. The fraction of sp³-hybridized carbons (Fsp3) is 0.133. The molecule has 1 amide bonds. The Hall–Kier alpha value is -2.94. The topological polar surface area (TPSA) is 69.0 Å². The number of nitrogens with one attached hydrogen (secondary N) is 1. The standard InChI is InChI=1S/C15H13FN4O/c1-18-14-12(7-11(16)9-19-14)15(21)20(2)13-6-4-3-5-10(13)8-17/h3-7,9H,1-2H3,(H,18,19). The first-order valence-electron chi connectivity index (χ1n) is 6.19. The highest BCUT2D eigenvalue weighted by Crippen LogP contribution is 2.22. The van der Waals surface area contributed by atoms with Gasteiger partial charge in [0.1, 0.15) is 17.7 Å². The van der Waals surface area contributed by atoms with Crippen molar-refractivity contribution in [3.05, 3.63) is 53.5 Å². The number of rotatable bonds is 3. The van der Waals surface area contributed by atoms with Crippen LogP contribution in [0.15, 0.2) is 36.5 Å². The van der Waals surface area contributed by atoms with Crippen LogP contribution in [0.1, 0.15) is 15.9 Å². The van der Waals surface area contributed by atoms with Crippen LogP contribution in [0.25, 0.3) is 0 Å². The Morgan fingerprint density at radius 2 is 2.14 bits per heavy atom. The number of nitrogens with zero attached hydrogens (tertiary/aromatic N) is 3. The van der Waals surface area contributed by atoms with Gasteiger partial charge in [-0.25, -0.2) is 9.37 Å². The second-order valence-corrected chi connectivity index (χ2v) is 4.29. The largest absolute Gasteiger partial charge is 0.372 e. The average Bonchev–Trinajstić information content (AvgIpc) is 2.53. The van der Waals surface area contributed by atoms with Crippen LogP contribution in [0, 0.1) is 17.1 Å². The van der Waals surface area contributed by atoms with Gasteiger partial charge < -0.3 is 10.2 Å². The first kappa shape index (κ1) is 14.5. The zero-order chi connectivity index (χ0) is 15.4. The quantitative estimate of drug-likeness (QED) is 0.939. The molecule has 0 aliphatic carbocycles. The average molecular weight is 284 g/mol. The summed E-state index contributed by atoms with van der Waals surface area (Å²) < 4.78 is 13.3. The Kier molecular flexibility index (Phi) is 4.14. The highest BCUT2D eigenvalue weighted by atomic mass is 19.1. The summed E-state index contributed by atoms with van der Waals surface area (Å²) in [6, 6.07) is 9.85. The summed E-state index contributed by atoms with van der Waals surface area (Å²) in [6.07, 6.45) is 1.03. The van der Waals surface area contributed by atoms with E-state index in [9.17, 15) is 9.18 Å². The van der Waals surface area contributed by atoms with E-state index in [0.717, 1.165) is 12.3 Å². The van der Waals surface area contributed by atoms with Gasteiger partial charge >= 0.3 is 0 Å². The van der Waals surface area contributed by atoms with Crippen molar-refractivity contribution in [2.45, 2.75) is 0 Å². The number of benzene rings is 1. The lowest BCUT2D eigenvalue weighted by Gasteiger charge is -2.19. The van der Waals surface area contributed by atoms with Gasteiger partial charge in [0.2, 0.25) is 0 Å². The Morgan fingerprint density at radius 3 is 2.81 bits per heavy atom. The van der Waals surface area contributed by atoms with Gasteiger partial charge in [0, 0.05) is 14.1 Å². The van der Waals surface area contributed by atoms with Gasteiger partial charge in [-0.1, -0.05) is 12.1 Å². The molecule has 0 saturated heterocycles. The van der Waals surface area contributed by atoms with E-state index in [1.54, 1.807) is 31.3 Å². The van der Waals surface area contributed by atoms with Crippen LogP contribution >= 0.6 is 0 Å². The minimum Gasteiger partial charge on any atom is -0.372 e. The fourth-order valence-corrected chi connectivity index (χ4v) is 1.95. The van der Waals surface area contributed by atoms with Crippen LogP contribution < -0.4 is 10.2 Å². The number of nitriles is 1. The number of amides is 1. The molecular formula is C15H13FN4O. The third-order valence-corrected chi connectivity index (χ3v) is 3.01. The number of halogens is 1. The number of hydrogen-bond acceptors (Lipinski definition) is 4. The first-order chi connectivity index (χ1) is 10.1. The first-order valence-corrected chi connectivity index (χ1v) is 6.19. The molecule has 0 atom stereocenters. The van der Waals surface area contributed by atoms with Crippen LogP contribution in [0.4, 0.5) is 15.9 Å². The van der Waals surface area contributed by atoms with Crippen molar-refractivity contribution in [1.29, 1.82) is 5.26 Å². The van der Waals surface area contributed by atoms with Gasteiger partial charge in [0.05, 0.1) is 23.0 Å². The number of hydrogen-bond donors (Lipinski definition) is 1. The van der Waals surface area contributed by atoms with E-state index < -0.39 is 11.7 Å². The molecule has 0 spiro atoms. The van der Waals surface area contributed by atoms with Gasteiger partial charge in [-0.05, 0) is 18.2 Å². The fourth-order valence-electron chi connectivity index (χ4n) is 1.95. The number of pyridine rings is 1. The molecule has 1 N–H and O–H groups in total. The molecule has 0 bridgehead atoms. The van der Waals surface area contributed by atoms with Gasteiger partial charge in [-0.15, -0.1) is 0 Å². The molecule has 5 nitrogen and oxygen atoms in total. The molecule has 1 heterocycles. The molecule has 21 heavy (non-hydrogen) atoms. The molecule has 1 aromatic heterocycles. The predicted molar refractivity (Wildman–Crippen MR) is 77.6 cm³/mol. The highest BCUT2D eigenvalue weighted by molar-refractivity contribution is 6.09. The molecular weight excluding hydrogens is 271 g/mol. The lowest BCUT2D eigenvalue weighted by molar-refractivity contribution is 0.0993. The molecule has 0 fully saturated rings. The van der Waals surface area contributed by atoms with Crippen molar-refractivity contribution >= 4 is 17.4 Å². The summed E-state index contributed by atoms with van der Waals surface area (Å²) in [5.41, 5.74) is 0.924. The number of carbonyl (C=O) groups is 1. The van der Waals surface area contributed by atoms with Crippen LogP contribution in [0.5, 0.6) is 0 Å². The number of carbonyl (C=O) groups excluding carboxylic acids is 1. The molecule has 0 aliphatic rings. The second kappa shape index (κ2) is 6.01. The lowest BCUT2D eigenvalue weighted by Crippen LogP contribution is -2.28. The minimum atomic E-state index is -0.598. The zero-order valence-electron chi connectivity index (χ0n) is 11.6. The van der Waals surface area contributed by atoms with Crippen LogP contribution in [-0.4, -0.2) is 25.0 Å². The second-order valence-electron chi connectivity index (χ2n) is 4.29. The third-order valence-electron chi connectivity index (χ3n) is 3.01. The molecule has 1 aromatic carbocycles. The van der Waals surface area contributed by atoms with E-state index in [4.69, 9.17) is 5.26 Å². The SMILES string of the molecule is CNc1ncc(F)cc1C(=O)N(C)c1ccccc1C#N. The number of aromatic nitrogens is 1. The molecule has 6 heteroatoms. The summed E-state index contributed by atoms with van der Waals surface area (Å²) in [6.45, 7) is 0. The normalized spacial score (nSPS) is 9.81. The summed E-state index contributed by atoms with van der Waals surface area (Å²) in [5, 5.41) is 11.8. The van der Waals surface area contributed by atoms with Crippen LogP contribution in [0.3, 0.4) is 0 Å². The van der Waals surface area contributed by atoms with Gasteiger partial charge in [-0.2, -0.15) is 5.26 Å². The van der Waals surface area contributed by atoms with E-state index >= 15 is 0 Å². The van der Waals surface area contributed by atoms with E-state index in [1.807, 2.05) is 6.07 Å². The van der Waals surface area contributed by atoms with Crippen molar-refractivity contribution in [3.63, 3.8) is 0 Å². The summed E-state index contributed by atoms with van der Waals surface area (Å²) in [7, 11) is 3.13. The molecule has 0 aliphatic heterocycles. The molecule has 0 radical (unpaired) electrons. The van der Waals surface area contributed by atoms with Gasteiger partial charge in [0.15, 0.2) is 0 Å². The lowest BCUT2D eigenvalue weighted by atomic mass is 10.1. The predicted octanol–water partition coefficient (Wildman–Crippen LogP) is 2.41. The van der Waals surface area contributed by atoms with Crippen molar-refractivity contribution in [1.82, 2.24) is 4.98 Å². The van der Waals surface area contributed by atoms with Gasteiger partial charge in [0.25, 0.3) is 5.91 Å². The maximum absolute atomic E-state index is 13.3. The van der Waals surface area contributed by atoms with Crippen molar-refractivity contribution in [2.24, 2.45) is 0 Å². The third kappa shape index (κ3) is 2.82. The molecule has 0 unspecified atom stereocenters.